The third kappa shape index (κ3) is 5.62. The van der Waals surface area contributed by atoms with Crippen LogP contribution in [0.4, 0.5) is 5.69 Å². The average molecular weight is 389 g/mol. The smallest absolute Gasteiger partial charge is 0.261 e. The Hall–Kier alpha value is -2.24. The summed E-state index contributed by atoms with van der Waals surface area (Å²) in [6.07, 6.45) is 0.0588. The summed E-state index contributed by atoms with van der Waals surface area (Å²) < 4.78 is 11.2. The number of nitrogens with zero attached hydrogens (tertiary/aromatic N) is 1. The van der Waals surface area contributed by atoms with Gasteiger partial charge in [0.05, 0.1) is 13.2 Å². The Morgan fingerprint density at radius 2 is 1.81 bits per heavy atom. The molecule has 1 saturated heterocycles. The van der Waals surface area contributed by atoms with Crippen LogP contribution in [0.3, 0.4) is 0 Å². The van der Waals surface area contributed by atoms with Crippen LogP contribution in [0.5, 0.6) is 5.75 Å². The topological polar surface area (TPSA) is 50.8 Å². The van der Waals surface area contributed by atoms with Crippen molar-refractivity contribution in [3.05, 3.63) is 59.1 Å². The lowest BCUT2D eigenvalue weighted by Gasteiger charge is -2.29. The molecule has 1 heterocycles. The molecule has 0 unspecified atom stereocenters. The van der Waals surface area contributed by atoms with E-state index in [-0.39, 0.29) is 5.91 Å². The van der Waals surface area contributed by atoms with Crippen molar-refractivity contribution in [2.75, 3.05) is 31.2 Å². The summed E-state index contributed by atoms with van der Waals surface area (Å²) in [4.78, 5) is 14.8. The van der Waals surface area contributed by atoms with Crippen LogP contribution in [0.15, 0.2) is 48.5 Å². The van der Waals surface area contributed by atoms with Crippen LogP contribution in [0.1, 0.15) is 18.9 Å². The van der Waals surface area contributed by atoms with Crippen molar-refractivity contribution >= 4 is 23.2 Å². The van der Waals surface area contributed by atoms with E-state index in [1.165, 1.54) is 5.69 Å². The zero-order valence-corrected chi connectivity index (χ0v) is 16.2. The summed E-state index contributed by atoms with van der Waals surface area (Å²) in [5.74, 6) is 0.515. The first-order valence-corrected chi connectivity index (χ1v) is 9.65. The zero-order chi connectivity index (χ0) is 19.1. The average Bonchev–Trinajstić information content (AvgIpc) is 2.72. The van der Waals surface area contributed by atoms with Gasteiger partial charge in [-0.2, -0.15) is 0 Å². The Morgan fingerprint density at radius 3 is 2.44 bits per heavy atom. The van der Waals surface area contributed by atoms with Crippen LogP contribution in [0.25, 0.3) is 0 Å². The number of benzene rings is 2. The normalized spacial score (nSPS) is 15.3. The quantitative estimate of drug-likeness (QED) is 0.786. The minimum atomic E-state index is -0.529. The highest BCUT2D eigenvalue weighted by atomic mass is 35.5. The highest BCUT2D eigenvalue weighted by Gasteiger charge is 2.18. The van der Waals surface area contributed by atoms with Gasteiger partial charge in [-0.15, -0.1) is 0 Å². The molecule has 0 spiro atoms. The molecule has 0 radical (unpaired) electrons. The number of carbonyl (C=O) groups is 1. The number of carbonyl (C=O) groups excluding carboxylic acids is 1. The number of hydrogen-bond donors (Lipinski definition) is 1. The second-order valence-corrected chi connectivity index (χ2v) is 6.89. The fourth-order valence-electron chi connectivity index (χ4n) is 2.95. The van der Waals surface area contributed by atoms with E-state index in [9.17, 15) is 4.79 Å². The molecule has 1 fully saturated rings. The maximum Gasteiger partial charge on any atom is 0.261 e. The second kappa shape index (κ2) is 9.62. The molecule has 0 bridgehead atoms. The first-order chi connectivity index (χ1) is 13.2. The van der Waals surface area contributed by atoms with E-state index in [1.54, 1.807) is 24.3 Å². The van der Waals surface area contributed by atoms with Crippen LogP contribution in [-0.2, 0) is 16.1 Å². The minimum absolute atomic E-state index is 0.121. The SMILES string of the molecule is CC[C@H](Oc1ccc(Cl)cc1)C(=O)NCc1ccc(N2CCOCC2)cc1. The summed E-state index contributed by atoms with van der Waals surface area (Å²) in [6, 6.07) is 15.3. The van der Waals surface area contributed by atoms with Crippen molar-refractivity contribution < 1.29 is 14.3 Å². The van der Waals surface area contributed by atoms with Crippen molar-refractivity contribution in [2.45, 2.75) is 26.0 Å². The maximum atomic E-state index is 12.4. The molecule has 1 aliphatic heterocycles. The molecule has 2 aromatic carbocycles. The Kier molecular flexibility index (Phi) is 6.96. The monoisotopic (exact) mass is 388 g/mol. The third-order valence-corrected chi connectivity index (χ3v) is 4.79. The number of ether oxygens (including phenoxy) is 2. The van der Waals surface area contributed by atoms with Gasteiger partial charge in [-0.05, 0) is 48.4 Å². The van der Waals surface area contributed by atoms with Crippen LogP contribution in [0, 0.1) is 0 Å². The van der Waals surface area contributed by atoms with E-state index < -0.39 is 6.10 Å². The summed E-state index contributed by atoms with van der Waals surface area (Å²) in [6.45, 7) is 5.76. The van der Waals surface area contributed by atoms with Gasteiger partial charge < -0.3 is 19.7 Å². The molecule has 2 aromatic rings. The van der Waals surface area contributed by atoms with Crippen molar-refractivity contribution in [1.82, 2.24) is 5.32 Å². The number of hydrogen-bond acceptors (Lipinski definition) is 4. The molecule has 0 aliphatic carbocycles. The first kappa shape index (κ1) is 19.5. The number of nitrogens with one attached hydrogen (secondary N) is 1. The lowest BCUT2D eigenvalue weighted by Crippen LogP contribution is -2.37. The van der Waals surface area contributed by atoms with E-state index in [0.717, 1.165) is 31.9 Å². The Morgan fingerprint density at radius 1 is 1.15 bits per heavy atom. The number of amides is 1. The summed E-state index contributed by atoms with van der Waals surface area (Å²) >= 11 is 5.88. The van der Waals surface area contributed by atoms with Crippen LogP contribution in [0.2, 0.25) is 5.02 Å². The molecule has 144 valence electrons. The number of anilines is 1. The van der Waals surface area contributed by atoms with Crippen molar-refractivity contribution in [1.29, 1.82) is 0 Å². The Labute approximate surface area is 165 Å². The van der Waals surface area contributed by atoms with Gasteiger partial charge in [0.25, 0.3) is 5.91 Å². The fraction of sp³-hybridized carbons (Fsp3) is 0.381. The third-order valence-electron chi connectivity index (χ3n) is 4.53. The molecule has 1 atom stereocenters. The lowest BCUT2D eigenvalue weighted by atomic mass is 10.1. The highest BCUT2D eigenvalue weighted by molar-refractivity contribution is 6.30. The summed E-state index contributed by atoms with van der Waals surface area (Å²) in [5, 5.41) is 3.60. The van der Waals surface area contributed by atoms with E-state index >= 15 is 0 Å². The standard InChI is InChI=1S/C21H25ClN2O3/c1-2-20(27-19-9-5-17(22)6-10-19)21(25)23-15-16-3-7-18(8-4-16)24-11-13-26-14-12-24/h3-10,20H,2,11-15H2,1H3,(H,23,25)/t20-/m0/s1. The van der Waals surface area contributed by atoms with Crippen molar-refractivity contribution in [3.63, 3.8) is 0 Å². The van der Waals surface area contributed by atoms with Gasteiger partial charge in [0, 0.05) is 30.3 Å². The second-order valence-electron chi connectivity index (χ2n) is 6.45. The summed E-state index contributed by atoms with van der Waals surface area (Å²) in [7, 11) is 0. The molecule has 1 N–H and O–H groups in total. The number of morpholine rings is 1. The molecule has 27 heavy (non-hydrogen) atoms. The van der Waals surface area contributed by atoms with Crippen LogP contribution in [-0.4, -0.2) is 38.3 Å². The fourth-order valence-corrected chi connectivity index (χ4v) is 3.07. The highest BCUT2D eigenvalue weighted by Crippen LogP contribution is 2.18. The van der Waals surface area contributed by atoms with Gasteiger partial charge in [-0.25, -0.2) is 0 Å². The van der Waals surface area contributed by atoms with Gasteiger partial charge in [0.1, 0.15) is 5.75 Å². The molecular formula is C21H25ClN2O3. The van der Waals surface area contributed by atoms with E-state index in [0.29, 0.717) is 23.7 Å². The predicted molar refractivity (Wildman–Crippen MR) is 107 cm³/mol. The van der Waals surface area contributed by atoms with Gasteiger partial charge in [-0.3, -0.25) is 4.79 Å². The first-order valence-electron chi connectivity index (χ1n) is 9.27. The van der Waals surface area contributed by atoms with Gasteiger partial charge in [0.2, 0.25) is 0 Å². The minimum Gasteiger partial charge on any atom is -0.481 e. The van der Waals surface area contributed by atoms with Crippen LogP contribution < -0.4 is 15.0 Å². The molecule has 0 saturated carbocycles. The Bertz CT molecular complexity index is 728. The maximum absolute atomic E-state index is 12.4. The molecule has 3 rings (SSSR count). The lowest BCUT2D eigenvalue weighted by molar-refractivity contribution is -0.128. The molecule has 1 aliphatic rings. The van der Waals surface area contributed by atoms with Gasteiger partial charge >= 0.3 is 0 Å². The van der Waals surface area contributed by atoms with Crippen molar-refractivity contribution in [2.24, 2.45) is 0 Å². The van der Waals surface area contributed by atoms with Gasteiger partial charge in [-0.1, -0.05) is 30.7 Å². The van der Waals surface area contributed by atoms with Crippen LogP contribution >= 0.6 is 11.6 Å². The van der Waals surface area contributed by atoms with E-state index in [1.807, 2.05) is 19.1 Å². The zero-order valence-electron chi connectivity index (χ0n) is 15.5. The molecule has 5 nitrogen and oxygen atoms in total. The largest absolute Gasteiger partial charge is 0.481 e. The number of rotatable bonds is 7. The van der Waals surface area contributed by atoms with Crippen molar-refractivity contribution in [3.8, 4) is 5.75 Å². The molecule has 1 amide bonds. The molecule has 0 aromatic heterocycles. The Balaban J connectivity index is 1.51. The summed E-state index contributed by atoms with van der Waals surface area (Å²) in [5.41, 5.74) is 2.24. The van der Waals surface area contributed by atoms with E-state index in [2.05, 4.69) is 22.3 Å². The van der Waals surface area contributed by atoms with E-state index in [4.69, 9.17) is 21.1 Å². The number of halogens is 1. The molecular weight excluding hydrogens is 364 g/mol. The predicted octanol–water partition coefficient (Wildman–Crippen LogP) is 3.65. The van der Waals surface area contributed by atoms with Gasteiger partial charge in [0.15, 0.2) is 6.10 Å². The molecule has 6 heteroatoms.